The van der Waals surface area contributed by atoms with Gasteiger partial charge in [0.15, 0.2) is 0 Å². The van der Waals surface area contributed by atoms with Crippen LogP contribution in [0.2, 0.25) is 0 Å². The molecule has 0 bridgehead atoms. The van der Waals surface area contributed by atoms with Crippen LogP contribution in [0.1, 0.15) is 87.8 Å². The fraction of sp³-hybridized carbons (Fsp3) is 0.358. The number of esters is 4. The number of nitrogens with one attached hydrogen (secondary N) is 2. The SMILES string of the molecule is C=C(C)C(=O)OCC(C)OC(=O)Cc1ccc(Cc2ccc(CC(=O)OCC(CC)(CC)COC(=O)Nc3ccc(Cc4ccc(NC(=O)OC(C)COC(=O)C(=C)C)cc4)cc3)cc2)cc1. The Kier molecular flexibility index (Phi) is 20.4. The van der Waals surface area contributed by atoms with Gasteiger partial charge in [-0.3, -0.25) is 20.2 Å². The third-order valence-corrected chi connectivity index (χ3v) is 10.7. The number of ether oxygens (including phenoxy) is 6. The average Bonchev–Trinajstić information content (AvgIpc) is 3.30. The van der Waals surface area contributed by atoms with Gasteiger partial charge in [0.2, 0.25) is 0 Å². The van der Waals surface area contributed by atoms with Crippen LogP contribution >= 0.6 is 0 Å². The van der Waals surface area contributed by atoms with E-state index in [2.05, 4.69) is 23.8 Å². The molecule has 0 aliphatic rings. The monoisotopic (exact) mass is 918 g/mol. The standard InChI is InChI=1S/C53H62N2O12/c1-9-53(10-2,33-64-47(56)29-43-15-11-39(12-16-43)27-40-13-17-44(18-14-40)30-48(57)66-37(7)31-62-49(58)35(3)4)34-65-51(60)54-45-23-19-41(20-24-45)28-42-21-25-46(26-22-42)55-52(61)67-38(8)32-63-50(59)36(5)6/h11-26,37-38H,3,5,9-10,27-34H2,1-2,4,6-8H3,(H,54,60)(H,55,61). The van der Waals surface area contributed by atoms with Crippen molar-refractivity contribution in [2.45, 2.75) is 92.3 Å². The van der Waals surface area contributed by atoms with Crippen molar-refractivity contribution in [3.8, 4) is 0 Å². The molecular formula is C53H62N2O12. The summed E-state index contributed by atoms with van der Waals surface area (Å²) in [5, 5.41) is 5.43. The van der Waals surface area contributed by atoms with E-state index in [1.165, 1.54) is 6.92 Å². The molecule has 2 amide bonds. The van der Waals surface area contributed by atoms with Crippen LogP contribution in [0.5, 0.6) is 0 Å². The predicted octanol–water partition coefficient (Wildman–Crippen LogP) is 9.66. The van der Waals surface area contributed by atoms with E-state index in [4.69, 9.17) is 28.4 Å². The van der Waals surface area contributed by atoms with Crippen molar-refractivity contribution < 1.29 is 57.2 Å². The zero-order valence-electron chi connectivity index (χ0n) is 39.3. The predicted molar refractivity (Wildman–Crippen MR) is 254 cm³/mol. The number of anilines is 2. The van der Waals surface area contributed by atoms with E-state index in [1.54, 1.807) is 45.0 Å². The Morgan fingerprint density at radius 2 is 0.851 bits per heavy atom. The van der Waals surface area contributed by atoms with Crippen LogP contribution in [0.3, 0.4) is 0 Å². The molecule has 0 saturated heterocycles. The van der Waals surface area contributed by atoms with E-state index in [0.29, 0.717) is 37.1 Å². The number of hydrogen-bond acceptors (Lipinski definition) is 12. The molecule has 0 fully saturated rings. The van der Waals surface area contributed by atoms with Gasteiger partial charge in [0.1, 0.15) is 38.6 Å². The number of rotatable bonds is 24. The molecule has 2 unspecified atom stereocenters. The smallest absolute Gasteiger partial charge is 0.412 e. The van der Waals surface area contributed by atoms with Crippen molar-refractivity contribution in [1.82, 2.24) is 0 Å². The molecule has 2 N–H and O–H groups in total. The van der Waals surface area contributed by atoms with Crippen LogP contribution in [0.4, 0.5) is 21.0 Å². The zero-order chi connectivity index (χ0) is 48.9. The lowest BCUT2D eigenvalue weighted by Gasteiger charge is -2.30. The van der Waals surface area contributed by atoms with Crippen molar-refractivity contribution in [1.29, 1.82) is 0 Å². The summed E-state index contributed by atoms with van der Waals surface area (Å²) in [5.74, 6) is -1.87. The minimum Gasteiger partial charge on any atom is -0.465 e. The first-order valence-electron chi connectivity index (χ1n) is 22.2. The highest BCUT2D eigenvalue weighted by atomic mass is 16.6. The Hall–Kier alpha value is -7.22. The molecule has 4 rings (SSSR count). The molecule has 0 radical (unpaired) electrons. The van der Waals surface area contributed by atoms with Crippen LogP contribution in [-0.4, -0.2) is 74.7 Å². The second-order valence-corrected chi connectivity index (χ2v) is 16.7. The van der Waals surface area contributed by atoms with E-state index in [-0.39, 0.29) is 56.4 Å². The first-order valence-corrected chi connectivity index (χ1v) is 22.2. The lowest BCUT2D eigenvalue weighted by molar-refractivity contribution is -0.155. The highest BCUT2D eigenvalue weighted by molar-refractivity contribution is 5.88. The minimum absolute atomic E-state index is 0.0421. The van der Waals surface area contributed by atoms with Gasteiger partial charge in [-0.1, -0.05) is 99.8 Å². The zero-order valence-corrected chi connectivity index (χ0v) is 39.3. The summed E-state index contributed by atoms with van der Waals surface area (Å²) in [6.07, 6.45) is 0.203. The molecule has 0 aliphatic heterocycles. The molecule has 4 aromatic carbocycles. The fourth-order valence-corrected chi connectivity index (χ4v) is 6.42. The molecule has 356 valence electrons. The van der Waals surface area contributed by atoms with Crippen molar-refractivity contribution in [3.63, 3.8) is 0 Å². The van der Waals surface area contributed by atoms with E-state index >= 15 is 0 Å². The van der Waals surface area contributed by atoms with Crippen molar-refractivity contribution in [2.75, 3.05) is 37.1 Å². The lowest BCUT2D eigenvalue weighted by atomic mass is 9.84. The summed E-state index contributed by atoms with van der Waals surface area (Å²) >= 11 is 0. The Morgan fingerprint density at radius 3 is 1.27 bits per heavy atom. The maximum atomic E-state index is 12.9. The summed E-state index contributed by atoms with van der Waals surface area (Å²) in [6, 6.07) is 30.1. The summed E-state index contributed by atoms with van der Waals surface area (Å²) < 4.78 is 32.0. The number of amides is 2. The normalized spacial score (nSPS) is 11.8. The number of carbonyl (C=O) groups excluding carboxylic acids is 6. The van der Waals surface area contributed by atoms with Gasteiger partial charge in [-0.05, 0) is 111 Å². The number of carbonyl (C=O) groups is 6. The van der Waals surface area contributed by atoms with Gasteiger partial charge in [0.25, 0.3) is 0 Å². The molecule has 0 aromatic heterocycles. The van der Waals surface area contributed by atoms with E-state index in [9.17, 15) is 28.8 Å². The van der Waals surface area contributed by atoms with Crippen LogP contribution < -0.4 is 10.6 Å². The molecule has 4 aromatic rings. The molecule has 67 heavy (non-hydrogen) atoms. The summed E-state index contributed by atoms with van der Waals surface area (Å²) in [6.45, 7) is 17.4. The van der Waals surface area contributed by atoms with Gasteiger partial charge in [-0.25, -0.2) is 19.2 Å². The van der Waals surface area contributed by atoms with Gasteiger partial charge in [0, 0.05) is 27.9 Å². The van der Waals surface area contributed by atoms with Crippen LogP contribution in [0.15, 0.2) is 121 Å². The van der Waals surface area contributed by atoms with Gasteiger partial charge >= 0.3 is 36.1 Å². The molecule has 14 nitrogen and oxygen atoms in total. The largest absolute Gasteiger partial charge is 0.465 e. The van der Waals surface area contributed by atoms with Crippen molar-refractivity contribution in [3.05, 3.63) is 155 Å². The molecule has 2 atom stereocenters. The summed E-state index contributed by atoms with van der Waals surface area (Å²) in [7, 11) is 0. The third-order valence-electron chi connectivity index (χ3n) is 10.7. The maximum absolute atomic E-state index is 12.9. The molecular weight excluding hydrogens is 857 g/mol. The second-order valence-electron chi connectivity index (χ2n) is 16.7. The van der Waals surface area contributed by atoms with Crippen LogP contribution in [0.25, 0.3) is 0 Å². The van der Waals surface area contributed by atoms with E-state index < -0.39 is 47.7 Å². The van der Waals surface area contributed by atoms with Gasteiger partial charge in [-0.15, -0.1) is 0 Å². The van der Waals surface area contributed by atoms with Crippen molar-refractivity contribution >= 4 is 47.4 Å². The minimum atomic E-state index is -0.671. The Morgan fingerprint density at radius 1 is 0.493 bits per heavy atom. The van der Waals surface area contributed by atoms with Crippen LogP contribution in [-0.2, 0) is 73.3 Å². The molecule has 14 heteroatoms. The molecule has 0 aliphatic carbocycles. The van der Waals surface area contributed by atoms with Crippen molar-refractivity contribution in [2.24, 2.45) is 5.41 Å². The van der Waals surface area contributed by atoms with Gasteiger partial charge < -0.3 is 28.4 Å². The molecule has 0 heterocycles. The molecule has 0 saturated carbocycles. The highest BCUT2D eigenvalue weighted by Crippen LogP contribution is 2.28. The second kappa shape index (κ2) is 26.1. The Labute approximate surface area is 393 Å². The quantitative estimate of drug-likeness (QED) is 0.0386. The van der Waals surface area contributed by atoms with Gasteiger partial charge in [0.05, 0.1) is 12.8 Å². The molecule has 0 spiro atoms. The van der Waals surface area contributed by atoms with E-state index in [1.807, 2.05) is 86.6 Å². The summed E-state index contributed by atoms with van der Waals surface area (Å²) in [4.78, 5) is 73.5. The number of benzene rings is 4. The van der Waals surface area contributed by atoms with E-state index in [0.717, 1.165) is 33.4 Å². The average molecular weight is 919 g/mol. The maximum Gasteiger partial charge on any atom is 0.412 e. The summed E-state index contributed by atoms with van der Waals surface area (Å²) in [5.41, 5.74) is 6.81. The van der Waals surface area contributed by atoms with Crippen LogP contribution in [0, 0.1) is 5.41 Å². The highest BCUT2D eigenvalue weighted by Gasteiger charge is 2.30. The topological polar surface area (TPSA) is 182 Å². The van der Waals surface area contributed by atoms with Gasteiger partial charge in [-0.2, -0.15) is 0 Å². The number of hydrogen-bond donors (Lipinski definition) is 2. The Bertz CT molecular complexity index is 2160. The first kappa shape index (κ1) is 52.4. The Balaban J connectivity index is 1.15. The fourth-order valence-electron chi connectivity index (χ4n) is 6.42. The first-order chi connectivity index (χ1) is 31.9. The third kappa shape index (κ3) is 18.7. The lowest BCUT2D eigenvalue weighted by Crippen LogP contribution is -2.34.